The minimum atomic E-state index is -1.07. The summed E-state index contributed by atoms with van der Waals surface area (Å²) in [5.74, 6) is -3.76. The van der Waals surface area contributed by atoms with E-state index in [9.17, 15) is 23.6 Å². The van der Waals surface area contributed by atoms with Crippen LogP contribution >= 0.6 is 23.2 Å². The minimum Gasteiger partial charge on any atom is -0.466 e. The first-order chi connectivity index (χ1) is 15.7. The highest BCUT2D eigenvalue weighted by Crippen LogP contribution is 2.39. The van der Waals surface area contributed by atoms with E-state index in [1.54, 1.807) is 0 Å². The molecule has 0 radical (unpaired) electrons. The number of hydrogen-bond donors (Lipinski definition) is 0. The highest BCUT2D eigenvalue weighted by Gasteiger charge is 2.42. The van der Waals surface area contributed by atoms with Crippen LogP contribution in [0.15, 0.2) is 28.3 Å². The quantitative estimate of drug-likeness (QED) is 0.332. The van der Waals surface area contributed by atoms with Crippen molar-refractivity contribution in [1.29, 1.82) is 0 Å². The van der Waals surface area contributed by atoms with E-state index < -0.39 is 40.7 Å². The molecule has 1 aromatic carbocycles. The summed E-state index contributed by atoms with van der Waals surface area (Å²) in [5.41, 5.74) is 0.640. The van der Waals surface area contributed by atoms with Gasteiger partial charge in [0.2, 0.25) is 6.10 Å². The largest absolute Gasteiger partial charge is 0.466 e. The molecule has 1 heterocycles. The number of nitrogens with zero attached hydrogens (tertiary/aromatic N) is 1. The third-order valence-corrected chi connectivity index (χ3v) is 6.48. The molecule has 4 rings (SSSR count). The SMILES string of the molecule is COC(=O)C(OC(=O)C(Cl)=Cc1cc(N2C(=O)C3=C(CCCC3)C2=O)c(F)cc1Cl)C1CC1. The summed E-state index contributed by atoms with van der Waals surface area (Å²) in [6.45, 7) is 0. The molecular formula is C23H20Cl2FNO6. The molecule has 1 aliphatic heterocycles. The molecule has 2 amide bonds. The lowest BCUT2D eigenvalue weighted by atomic mass is 9.93. The molecule has 0 N–H and O–H groups in total. The maximum Gasteiger partial charge on any atom is 0.350 e. The number of anilines is 1. The topological polar surface area (TPSA) is 90.0 Å². The average Bonchev–Trinajstić information content (AvgIpc) is 3.61. The molecular weight excluding hydrogens is 476 g/mol. The van der Waals surface area contributed by atoms with Crippen LogP contribution in [0, 0.1) is 11.7 Å². The van der Waals surface area contributed by atoms with E-state index >= 15 is 0 Å². The molecule has 7 nitrogen and oxygen atoms in total. The summed E-state index contributed by atoms with van der Waals surface area (Å²) in [5, 5.41) is -0.508. The second kappa shape index (κ2) is 9.27. The smallest absolute Gasteiger partial charge is 0.350 e. The van der Waals surface area contributed by atoms with Crippen LogP contribution in [0.25, 0.3) is 6.08 Å². The number of ether oxygens (including phenoxy) is 2. The Bertz CT molecular complexity index is 1100. The second-order valence-electron chi connectivity index (χ2n) is 8.11. The van der Waals surface area contributed by atoms with Crippen LogP contribution < -0.4 is 4.90 Å². The summed E-state index contributed by atoms with van der Waals surface area (Å²) in [6.07, 6.45) is 4.02. The van der Waals surface area contributed by atoms with E-state index in [4.69, 9.17) is 27.9 Å². The number of halogens is 3. The molecule has 0 spiro atoms. The number of hydrogen-bond acceptors (Lipinski definition) is 6. The highest BCUT2D eigenvalue weighted by atomic mass is 35.5. The Balaban J connectivity index is 1.60. The van der Waals surface area contributed by atoms with E-state index in [1.165, 1.54) is 13.2 Å². The third kappa shape index (κ3) is 4.54. The Hall–Kier alpha value is -2.71. The molecule has 0 saturated heterocycles. The van der Waals surface area contributed by atoms with Gasteiger partial charge in [0.15, 0.2) is 0 Å². The predicted molar refractivity (Wildman–Crippen MR) is 118 cm³/mol. The first-order valence-corrected chi connectivity index (χ1v) is 11.2. The predicted octanol–water partition coefficient (Wildman–Crippen LogP) is 4.30. The van der Waals surface area contributed by atoms with Crippen molar-refractivity contribution in [1.82, 2.24) is 0 Å². The lowest BCUT2D eigenvalue weighted by molar-refractivity contribution is -0.164. The maximum atomic E-state index is 14.8. The normalized spacial score (nSPS) is 19.5. The average molecular weight is 496 g/mol. The van der Waals surface area contributed by atoms with Gasteiger partial charge in [0, 0.05) is 17.1 Å². The van der Waals surface area contributed by atoms with Crippen molar-refractivity contribution in [2.24, 2.45) is 5.92 Å². The van der Waals surface area contributed by atoms with Gasteiger partial charge in [-0.1, -0.05) is 23.2 Å². The fourth-order valence-electron chi connectivity index (χ4n) is 4.01. The van der Waals surface area contributed by atoms with Crippen LogP contribution in [0.1, 0.15) is 44.1 Å². The van der Waals surface area contributed by atoms with Crippen LogP contribution in [-0.2, 0) is 28.7 Å². The van der Waals surface area contributed by atoms with Gasteiger partial charge in [0.25, 0.3) is 11.8 Å². The molecule has 1 unspecified atom stereocenters. The van der Waals surface area contributed by atoms with Gasteiger partial charge in [-0.15, -0.1) is 0 Å². The number of esters is 2. The van der Waals surface area contributed by atoms with Crippen molar-refractivity contribution in [3.63, 3.8) is 0 Å². The van der Waals surface area contributed by atoms with Gasteiger partial charge in [0.1, 0.15) is 10.8 Å². The monoisotopic (exact) mass is 495 g/mol. The maximum absolute atomic E-state index is 14.8. The molecule has 1 atom stereocenters. The van der Waals surface area contributed by atoms with Gasteiger partial charge in [-0.25, -0.2) is 18.9 Å². The summed E-state index contributed by atoms with van der Waals surface area (Å²) >= 11 is 12.2. The summed E-state index contributed by atoms with van der Waals surface area (Å²) in [6, 6.07) is 2.12. The number of carbonyl (C=O) groups excluding carboxylic acids is 4. The van der Waals surface area contributed by atoms with Crippen LogP contribution in [0.4, 0.5) is 10.1 Å². The molecule has 1 fully saturated rings. The lowest BCUT2D eigenvalue weighted by Gasteiger charge is -2.17. The molecule has 1 saturated carbocycles. The van der Waals surface area contributed by atoms with Gasteiger partial charge in [-0.2, -0.15) is 0 Å². The van der Waals surface area contributed by atoms with Crippen LogP contribution in [0.3, 0.4) is 0 Å². The van der Waals surface area contributed by atoms with E-state index in [1.807, 2.05) is 0 Å². The van der Waals surface area contributed by atoms with Crippen LogP contribution in [-0.4, -0.2) is 37.0 Å². The minimum absolute atomic E-state index is 0.0919. The zero-order chi connectivity index (χ0) is 23.9. The zero-order valence-electron chi connectivity index (χ0n) is 17.7. The molecule has 174 valence electrons. The Labute approximate surface area is 199 Å². The summed E-state index contributed by atoms with van der Waals surface area (Å²) in [7, 11) is 1.19. The molecule has 3 aliphatic rings. The Morgan fingerprint density at radius 2 is 1.76 bits per heavy atom. The van der Waals surface area contributed by atoms with E-state index in [2.05, 4.69) is 4.74 Å². The van der Waals surface area contributed by atoms with Crippen molar-refractivity contribution in [3.05, 3.63) is 44.7 Å². The number of benzene rings is 1. The van der Waals surface area contributed by atoms with Crippen molar-refractivity contribution in [2.45, 2.75) is 44.6 Å². The molecule has 0 aromatic heterocycles. The van der Waals surface area contributed by atoms with E-state index in [0.717, 1.165) is 42.7 Å². The standard InChI is InChI=1S/C23H20Cl2FNO6/c1-32-23(31)19(11-6-7-11)33-22(30)16(25)8-12-9-18(17(26)10-15(12)24)27-20(28)13-4-2-3-5-14(13)21(27)29/h8-11,19H,2-7H2,1H3. The van der Waals surface area contributed by atoms with Gasteiger partial charge >= 0.3 is 11.9 Å². The number of rotatable bonds is 6. The number of carbonyl (C=O) groups is 4. The highest BCUT2D eigenvalue weighted by molar-refractivity contribution is 6.44. The van der Waals surface area contributed by atoms with Crippen LogP contribution in [0.5, 0.6) is 0 Å². The van der Waals surface area contributed by atoms with E-state index in [0.29, 0.717) is 24.0 Å². The number of methoxy groups -OCH3 is 1. The fraction of sp³-hybridized carbons (Fsp3) is 0.391. The second-order valence-corrected chi connectivity index (χ2v) is 8.93. The number of amides is 2. The fourth-order valence-corrected chi connectivity index (χ4v) is 4.38. The van der Waals surface area contributed by atoms with Crippen molar-refractivity contribution in [3.8, 4) is 0 Å². The molecule has 1 aromatic rings. The summed E-state index contributed by atoms with van der Waals surface area (Å²) < 4.78 is 24.6. The summed E-state index contributed by atoms with van der Waals surface area (Å²) in [4.78, 5) is 50.7. The van der Waals surface area contributed by atoms with Gasteiger partial charge in [-0.05, 0) is 62.3 Å². The molecule has 0 bridgehead atoms. The third-order valence-electron chi connectivity index (χ3n) is 5.89. The number of imide groups is 1. The Morgan fingerprint density at radius 1 is 1.15 bits per heavy atom. The first-order valence-electron chi connectivity index (χ1n) is 10.5. The van der Waals surface area contributed by atoms with Gasteiger partial charge in [0.05, 0.1) is 17.8 Å². The van der Waals surface area contributed by atoms with Crippen molar-refractivity contribution >= 4 is 58.7 Å². The zero-order valence-corrected chi connectivity index (χ0v) is 19.2. The Kier molecular flexibility index (Phi) is 6.59. The molecule has 10 heteroatoms. The lowest BCUT2D eigenvalue weighted by Crippen LogP contribution is -2.32. The van der Waals surface area contributed by atoms with Crippen molar-refractivity contribution in [2.75, 3.05) is 12.0 Å². The molecule has 2 aliphatic carbocycles. The van der Waals surface area contributed by atoms with E-state index in [-0.39, 0.29) is 22.2 Å². The van der Waals surface area contributed by atoms with Crippen LogP contribution in [0.2, 0.25) is 5.02 Å². The first kappa shape index (κ1) is 23.4. The van der Waals surface area contributed by atoms with Gasteiger partial charge < -0.3 is 9.47 Å². The Morgan fingerprint density at radius 3 is 2.30 bits per heavy atom. The van der Waals surface area contributed by atoms with Gasteiger partial charge in [-0.3, -0.25) is 9.59 Å². The van der Waals surface area contributed by atoms with Crippen molar-refractivity contribution < 1.29 is 33.0 Å². The molecule has 33 heavy (non-hydrogen) atoms.